The molecule has 3 aromatic rings. The first kappa shape index (κ1) is 19.7. The fraction of sp³-hybridized carbons (Fsp3) is 0.421. The number of carbonyl (C=O) groups is 1. The number of aromatic hydroxyl groups is 1. The maximum Gasteiger partial charge on any atom is 0.230 e. The van der Waals surface area contributed by atoms with E-state index in [0.717, 1.165) is 12.1 Å². The molecule has 1 atom stereocenters. The van der Waals surface area contributed by atoms with Crippen LogP contribution in [0.5, 0.6) is 5.88 Å². The number of aromatic nitrogens is 3. The maximum atomic E-state index is 14.0. The van der Waals surface area contributed by atoms with Gasteiger partial charge in [-0.05, 0) is 17.7 Å². The molecule has 0 radical (unpaired) electrons. The van der Waals surface area contributed by atoms with Crippen LogP contribution in [-0.4, -0.2) is 61.6 Å². The number of halogens is 2. The average Bonchev–Trinajstić information content (AvgIpc) is 3.25. The molecule has 4 rings (SSSR count). The van der Waals surface area contributed by atoms with Gasteiger partial charge in [-0.15, -0.1) is 5.10 Å². The topological polar surface area (TPSA) is 74.0 Å². The Labute approximate surface area is 170 Å². The van der Waals surface area contributed by atoms with Gasteiger partial charge in [0.05, 0.1) is 10.9 Å². The third kappa shape index (κ3) is 3.58. The fourth-order valence-electron chi connectivity index (χ4n) is 3.62. The molecule has 2 aromatic heterocycles. The molecule has 7 nitrogen and oxygen atoms in total. The Bertz CT molecular complexity index is 1060. The summed E-state index contributed by atoms with van der Waals surface area (Å²) in [5, 5.41) is 15.1. The first-order valence-electron chi connectivity index (χ1n) is 9.40. The zero-order valence-corrected chi connectivity index (χ0v) is 16.9. The van der Waals surface area contributed by atoms with Gasteiger partial charge in [0, 0.05) is 39.5 Å². The van der Waals surface area contributed by atoms with Crippen molar-refractivity contribution in [3.05, 3.63) is 46.1 Å². The van der Waals surface area contributed by atoms with Gasteiger partial charge in [0.15, 0.2) is 17.5 Å². The summed E-state index contributed by atoms with van der Waals surface area (Å²) < 4.78 is 28.9. The molecule has 1 saturated heterocycles. The number of hydrogen-bond acceptors (Lipinski definition) is 6. The second kappa shape index (κ2) is 7.68. The van der Waals surface area contributed by atoms with Crippen molar-refractivity contribution in [3.63, 3.8) is 0 Å². The van der Waals surface area contributed by atoms with Gasteiger partial charge in [-0.3, -0.25) is 9.69 Å². The number of hydrogen-bond donors (Lipinski definition) is 1. The number of aryl methyl sites for hydroxylation is 1. The quantitative estimate of drug-likeness (QED) is 0.701. The van der Waals surface area contributed by atoms with E-state index in [9.17, 15) is 18.7 Å². The van der Waals surface area contributed by atoms with E-state index in [0.29, 0.717) is 53.8 Å². The van der Waals surface area contributed by atoms with Gasteiger partial charge in [0.2, 0.25) is 16.7 Å². The van der Waals surface area contributed by atoms with Gasteiger partial charge < -0.3 is 10.0 Å². The third-order valence-corrected chi connectivity index (χ3v) is 6.26. The smallest absolute Gasteiger partial charge is 0.230 e. The standard InChI is InChI=1S/C19H21F2N5O2S/c1-3-15-22-19-26(23-15)18(28)17(29-19)16(12-4-5-13(20)14(21)10-12)25-8-6-24(7-9-25)11(2)27/h4-5,10,16,28H,3,6-9H2,1-2H3/t16-/m0/s1. The Kier molecular flexibility index (Phi) is 5.22. The number of rotatable bonds is 4. The van der Waals surface area contributed by atoms with Crippen molar-refractivity contribution in [2.45, 2.75) is 26.3 Å². The third-order valence-electron chi connectivity index (χ3n) is 5.19. The Morgan fingerprint density at radius 1 is 1.24 bits per heavy atom. The highest BCUT2D eigenvalue weighted by Crippen LogP contribution is 2.40. The SMILES string of the molecule is CCc1nc2sc([C@H](c3ccc(F)c(F)c3)N3CCN(C(C)=O)CC3)c(O)n2n1. The molecule has 0 bridgehead atoms. The number of benzene rings is 1. The average molecular weight is 421 g/mol. The maximum absolute atomic E-state index is 14.0. The highest BCUT2D eigenvalue weighted by molar-refractivity contribution is 7.17. The number of fused-ring (bicyclic) bond motifs is 1. The molecule has 1 amide bonds. The van der Waals surface area contributed by atoms with E-state index in [-0.39, 0.29) is 11.8 Å². The lowest BCUT2D eigenvalue weighted by molar-refractivity contribution is -0.130. The first-order chi connectivity index (χ1) is 13.9. The van der Waals surface area contributed by atoms with E-state index in [4.69, 9.17) is 0 Å². The minimum atomic E-state index is -0.943. The number of thiazole rings is 1. The molecule has 29 heavy (non-hydrogen) atoms. The van der Waals surface area contributed by atoms with Crippen molar-refractivity contribution in [2.24, 2.45) is 0 Å². The molecule has 0 saturated carbocycles. The zero-order chi connectivity index (χ0) is 20.7. The number of carbonyl (C=O) groups excluding carboxylic acids is 1. The van der Waals surface area contributed by atoms with Crippen LogP contribution in [0.3, 0.4) is 0 Å². The summed E-state index contributed by atoms with van der Waals surface area (Å²) in [6.45, 7) is 5.58. The lowest BCUT2D eigenvalue weighted by Gasteiger charge is -2.38. The zero-order valence-electron chi connectivity index (χ0n) is 16.1. The van der Waals surface area contributed by atoms with E-state index in [1.807, 2.05) is 6.92 Å². The molecule has 0 spiro atoms. The molecule has 1 N–H and O–H groups in total. The molecule has 10 heteroatoms. The number of amides is 1. The first-order valence-corrected chi connectivity index (χ1v) is 10.2. The van der Waals surface area contributed by atoms with Gasteiger partial charge in [0.1, 0.15) is 0 Å². The largest absolute Gasteiger partial charge is 0.492 e. The van der Waals surface area contributed by atoms with Crippen LogP contribution >= 0.6 is 11.3 Å². The molecule has 1 aliphatic rings. The molecule has 1 aromatic carbocycles. The lowest BCUT2D eigenvalue weighted by atomic mass is 10.0. The second-order valence-corrected chi connectivity index (χ2v) is 7.99. The van der Waals surface area contributed by atoms with Gasteiger partial charge in [0.25, 0.3) is 0 Å². The second-order valence-electron chi connectivity index (χ2n) is 6.98. The lowest BCUT2D eigenvalue weighted by Crippen LogP contribution is -2.49. The molecule has 0 aliphatic carbocycles. The van der Waals surface area contributed by atoms with Crippen LogP contribution < -0.4 is 0 Å². The Morgan fingerprint density at radius 2 is 1.97 bits per heavy atom. The van der Waals surface area contributed by atoms with Crippen LogP contribution in [0.2, 0.25) is 0 Å². The highest BCUT2D eigenvalue weighted by atomic mass is 32.1. The van der Waals surface area contributed by atoms with Gasteiger partial charge >= 0.3 is 0 Å². The predicted molar refractivity (Wildman–Crippen MR) is 104 cm³/mol. The molecule has 1 fully saturated rings. The van der Waals surface area contributed by atoms with Crippen LogP contribution in [0.1, 0.15) is 36.2 Å². The van der Waals surface area contributed by atoms with Crippen LogP contribution in [0.4, 0.5) is 8.78 Å². The van der Waals surface area contributed by atoms with Crippen molar-refractivity contribution in [1.29, 1.82) is 0 Å². The molecule has 0 unspecified atom stereocenters. The molecule has 3 heterocycles. The molecule has 154 valence electrons. The minimum Gasteiger partial charge on any atom is -0.492 e. The van der Waals surface area contributed by atoms with Crippen LogP contribution in [0, 0.1) is 11.6 Å². The summed E-state index contributed by atoms with van der Waals surface area (Å²) in [5.41, 5.74) is 0.524. The predicted octanol–water partition coefficient (Wildman–Crippen LogP) is 2.59. The number of piperazine rings is 1. The molecular formula is C19H21F2N5O2S. The van der Waals surface area contributed by atoms with Gasteiger partial charge in [-0.2, -0.15) is 4.52 Å². The van der Waals surface area contributed by atoms with Crippen molar-refractivity contribution in [2.75, 3.05) is 26.2 Å². The summed E-state index contributed by atoms with van der Waals surface area (Å²) in [4.78, 5) is 21.0. The van der Waals surface area contributed by atoms with Gasteiger partial charge in [-0.25, -0.2) is 13.8 Å². The molecule has 1 aliphatic heterocycles. The van der Waals surface area contributed by atoms with Crippen molar-refractivity contribution < 1.29 is 18.7 Å². The summed E-state index contributed by atoms with van der Waals surface area (Å²) in [5.74, 6) is -1.29. The van der Waals surface area contributed by atoms with E-state index in [2.05, 4.69) is 15.0 Å². The van der Waals surface area contributed by atoms with Crippen LogP contribution in [0.25, 0.3) is 4.96 Å². The van der Waals surface area contributed by atoms with Crippen molar-refractivity contribution >= 4 is 22.2 Å². The summed E-state index contributed by atoms with van der Waals surface area (Å²) in [6, 6.07) is 3.27. The van der Waals surface area contributed by atoms with Gasteiger partial charge in [-0.1, -0.05) is 24.3 Å². The van der Waals surface area contributed by atoms with E-state index >= 15 is 0 Å². The van der Waals surface area contributed by atoms with Crippen molar-refractivity contribution in [3.8, 4) is 5.88 Å². The Balaban J connectivity index is 1.76. The normalized spacial score (nSPS) is 16.5. The Hall–Kier alpha value is -2.59. The van der Waals surface area contributed by atoms with Crippen molar-refractivity contribution in [1.82, 2.24) is 24.4 Å². The minimum absolute atomic E-state index is 0.00256. The Morgan fingerprint density at radius 3 is 2.55 bits per heavy atom. The number of nitrogens with zero attached hydrogens (tertiary/aromatic N) is 5. The summed E-state index contributed by atoms with van der Waals surface area (Å²) >= 11 is 1.27. The molecular weight excluding hydrogens is 400 g/mol. The van der Waals surface area contributed by atoms with Crippen LogP contribution in [-0.2, 0) is 11.2 Å². The summed E-state index contributed by atoms with van der Waals surface area (Å²) in [6.07, 6.45) is 0.642. The van der Waals surface area contributed by atoms with E-state index < -0.39 is 17.7 Å². The highest BCUT2D eigenvalue weighted by Gasteiger charge is 2.32. The van der Waals surface area contributed by atoms with E-state index in [1.165, 1.54) is 28.8 Å². The monoisotopic (exact) mass is 421 g/mol. The summed E-state index contributed by atoms with van der Waals surface area (Å²) in [7, 11) is 0. The fourth-order valence-corrected chi connectivity index (χ4v) is 4.76. The van der Waals surface area contributed by atoms with E-state index in [1.54, 1.807) is 4.90 Å². The van der Waals surface area contributed by atoms with Crippen LogP contribution in [0.15, 0.2) is 18.2 Å².